The van der Waals surface area contributed by atoms with Crippen LogP contribution < -0.4 is 0 Å². The van der Waals surface area contributed by atoms with Gasteiger partial charge in [0.1, 0.15) is 5.03 Å². The van der Waals surface area contributed by atoms with Gasteiger partial charge in [0.15, 0.2) is 0 Å². The topological polar surface area (TPSA) is 12.9 Å². The van der Waals surface area contributed by atoms with E-state index in [1.807, 2.05) is 30.3 Å². The van der Waals surface area contributed by atoms with E-state index in [-0.39, 0.29) is 0 Å². The fourth-order valence-corrected chi connectivity index (χ4v) is 2.41. The summed E-state index contributed by atoms with van der Waals surface area (Å²) in [7, 11) is 0. The Kier molecular flexibility index (Phi) is 3.64. The maximum Gasteiger partial charge on any atom is 0.105 e. The summed E-state index contributed by atoms with van der Waals surface area (Å²) in [5.74, 6) is 0.503. The summed E-state index contributed by atoms with van der Waals surface area (Å²) in [6, 6.07) is 14.1. The summed E-state index contributed by atoms with van der Waals surface area (Å²) < 4.78 is 0. The third kappa shape index (κ3) is 2.74. The van der Waals surface area contributed by atoms with Crippen LogP contribution in [0.4, 0.5) is 0 Å². The van der Waals surface area contributed by atoms with Gasteiger partial charge in [-0.05, 0) is 23.8 Å². The van der Waals surface area contributed by atoms with Crippen molar-refractivity contribution in [3.63, 3.8) is 0 Å². The van der Waals surface area contributed by atoms with Crippen LogP contribution in [-0.2, 0) is 5.88 Å². The minimum absolute atomic E-state index is 0.503. The highest BCUT2D eigenvalue weighted by atomic mass is 35.5. The zero-order valence-corrected chi connectivity index (χ0v) is 9.63. The average molecular weight is 236 g/mol. The van der Waals surface area contributed by atoms with Crippen molar-refractivity contribution in [2.24, 2.45) is 0 Å². The number of hydrogen-bond acceptors (Lipinski definition) is 2. The molecule has 0 unspecified atom stereocenters. The molecule has 0 fully saturated rings. The zero-order valence-electron chi connectivity index (χ0n) is 8.06. The summed E-state index contributed by atoms with van der Waals surface area (Å²) in [5.41, 5.74) is 1.08. The van der Waals surface area contributed by atoms with Crippen molar-refractivity contribution in [1.82, 2.24) is 4.98 Å². The molecular weight excluding hydrogens is 226 g/mol. The lowest BCUT2D eigenvalue weighted by molar-refractivity contribution is 1.06. The van der Waals surface area contributed by atoms with E-state index in [2.05, 4.69) is 17.1 Å². The van der Waals surface area contributed by atoms with E-state index in [0.29, 0.717) is 5.88 Å². The van der Waals surface area contributed by atoms with Gasteiger partial charge in [-0.3, -0.25) is 0 Å². The summed E-state index contributed by atoms with van der Waals surface area (Å²) in [6.07, 6.45) is 1.79. The molecule has 0 aliphatic rings. The van der Waals surface area contributed by atoms with Crippen molar-refractivity contribution in [3.8, 4) is 0 Å². The van der Waals surface area contributed by atoms with E-state index in [1.54, 1.807) is 18.0 Å². The molecule has 0 radical (unpaired) electrons. The molecule has 3 heteroatoms. The first kappa shape index (κ1) is 10.5. The quantitative estimate of drug-likeness (QED) is 0.747. The van der Waals surface area contributed by atoms with E-state index >= 15 is 0 Å². The van der Waals surface area contributed by atoms with Crippen LogP contribution in [0.3, 0.4) is 0 Å². The summed E-state index contributed by atoms with van der Waals surface area (Å²) in [4.78, 5) is 5.51. The highest BCUT2D eigenvalue weighted by molar-refractivity contribution is 7.99. The lowest BCUT2D eigenvalue weighted by Crippen LogP contribution is -1.86. The second-order valence-corrected chi connectivity index (χ2v) is 4.35. The van der Waals surface area contributed by atoms with Gasteiger partial charge in [0, 0.05) is 11.1 Å². The number of benzene rings is 1. The van der Waals surface area contributed by atoms with Gasteiger partial charge in [0.05, 0.1) is 5.88 Å². The Morgan fingerprint density at radius 3 is 2.60 bits per heavy atom. The number of alkyl halides is 1. The molecule has 0 spiro atoms. The molecule has 0 N–H and O–H groups in total. The third-order valence-electron chi connectivity index (χ3n) is 1.95. The fourth-order valence-electron chi connectivity index (χ4n) is 1.22. The predicted octanol–water partition coefficient (Wildman–Crippen LogP) is 3.97. The molecule has 0 atom stereocenters. The maximum atomic E-state index is 5.84. The molecule has 0 saturated heterocycles. The molecule has 15 heavy (non-hydrogen) atoms. The molecule has 0 aliphatic carbocycles. The molecule has 1 nitrogen and oxygen atoms in total. The molecule has 0 aliphatic heterocycles. The van der Waals surface area contributed by atoms with Crippen molar-refractivity contribution < 1.29 is 0 Å². The molecule has 1 aromatic carbocycles. The van der Waals surface area contributed by atoms with E-state index in [1.165, 1.54) is 4.90 Å². The molecule has 2 aromatic rings. The number of pyridine rings is 1. The lowest BCUT2D eigenvalue weighted by atomic mass is 10.3. The Morgan fingerprint density at radius 1 is 1.07 bits per heavy atom. The van der Waals surface area contributed by atoms with Crippen molar-refractivity contribution in [2.75, 3.05) is 0 Å². The third-order valence-corrected chi connectivity index (χ3v) is 3.31. The molecule has 0 bridgehead atoms. The highest BCUT2D eigenvalue weighted by Gasteiger charge is 2.03. The summed E-state index contributed by atoms with van der Waals surface area (Å²) in [5, 5.41) is 0.985. The van der Waals surface area contributed by atoms with Crippen LogP contribution in [0.25, 0.3) is 0 Å². The van der Waals surface area contributed by atoms with Crippen LogP contribution in [0, 0.1) is 0 Å². The first-order valence-electron chi connectivity index (χ1n) is 4.63. The normalized spacial score (nSPS) is 10.2. The van der Waals surface area contributed by atoms with E-state index in [4.69, 9.17) is 11.6 Å². The zero-order chi connectivity index (χ0) is 10.5. The Bertz CT molecular complexity index is 431. The second-order valence-electron chi connectivity index (χ2n) is 3.02. The number of nitrogens with zero attached hydrogens (tertiary/aromatic N) is 1. The van der Waals surface area contributed by atoms with Crippen LogP contribution in [0.2, 0.25) is 0 Å². The summed E-state index contributed by atoms with van der Waals surface area (Å²) >= 11 is 7.49. The van der Waals surface area contributed by atoms with Crippen LogP contribution in [0.5, 0.6) is 0 Å². The molecular formula is C12H10ClNS. The van der Waals surface area contributed by atoms with Crippen molar-refractivity contribution in [2.45, 2.75) is 15.8 Å². The number of rotatable bonds is 3. The molecule has 1 aromatic heterocycles. The Hall–Kier alpha value is -0.990. The van der Waals surface area contributed by atoms with Crippen LogP contribution in [-0.4, -0.2) is 4.98 Å². The number of hydrogen-bond donors (Lipinski definition) is 0. The SMILES string of the molecule is ClCc1cccnc1Sc1ccccc1. The molecule has 76 valence electrons. The molecule has 0 amide bonds. The smallest absolute Gasteiger partial charge is 0.105 e. The molecule has 2 rings (SSSR count). The summed E-state index contributed by atoms with van der Waals surface area (Å²) in [6.45, 7) is 0. The van der Waals surface area contributed by atoms with Gasteiger partial charge >= 0.3 is 0 Å². The predicted molar refractivity (Wildman–Crippen MR) is 64.4 cm³/mol. The second kappa shape index (κ2) is 5.19. The van der Waals surface area contributed by atoms with Gasteiger partial charge in [-0.1, -0.05) is 36.0 Å². The molecule has 1 heterocycles. The Labute approximate surface area is 98.5 Å². The minimum atomic E-state index is 0.503. The van der Waals surface area contributed by atoms with Gasteiger partial charge in [0.2, 0.25) is 0 Å². The minimum Gasteiger partial charge on any atom is -0.249 e. The first-order chi connectivity index (χ1) is 7.40. The first-order valence-corrected chi connectivity index (χ1v) is 5.98. The highest BCUT2D eigenvalue weighted by Crippen LogP contribution is 2.28. The van der Waals surface area contributed by atoms with Crippen molar-refractivity contribution in [1.29, 1.82) is 0 Å². The standard InChI is InChI=1S/C12H10ClNS/c13-9-10-5-4-8-14-12(10)15-11-6-2-1-3-7-11/h1-8H,9H2. The molecule has 0 saturated carbocycles. The lowest BCUT2D eigenvalue weighted by Gasteiger charge is -2.04. The Balaban J connectivity index is 2.24. The maximum absolute atomic E-state index is 5.84. The van der Waals surface area contributed by atoms with Crippen molar-refractivity contribution >= 4 is 23.4 Å². The average Bonchev–Trinajstić information content (AvgIpc) is 2.31. The van der Waals surface area contributed by atoms with Gasteiger partial charge in [-0.15, -0.1) is 11.6 Å². The van der Waals surface area contributed by atoms with Gasteiger partial charge in [-0.2, -0.15) is 0 Å². The van der Waals surface area contributed by atoms with Crippen LogP contribution in [0.15, 0.2) is 58.6 Å². The number of halogens is 1. The largest absolute Gasteiger partial charge is 0.249 e. The van der Waals surface area contributed by atoms with E-state index < -0.39 is 0 Å². The van der Waals surface area contributed by atoms with Crippen molar-refractivity contribution in [3.05, 3.63) is 54.2 Å². The Morgan fingerprint density at radius 2 is 1.87 bits per heavy atom. The monoisotopic (exact) mass is 235 g/mol. The van der Waals surface area contributed by atoms with E-state index in [0.717, 1.165) is 10.6 Å². The fraction of sp³-hybridized carbons (Fsp3) is 0.0833. The van der Waals surface area contributed by atoms with E-state index in [9.17, 15) is 0 Å². The van der Waals surface area contributed by atoms with Gasteiger partial charge in [-0.25, -0.2) is 4.98 Å². The van der Waals surface area contributed by atoms with Crippen LogP contribution in [0.1, 0.15) is 5.56 Å². The van der Waals surface area contributed by atoms with Crippen LogP contribution >= 0.6 is 23.4 Å². The number of aromatic nitrogens is 1. The van der Waals surface area contributed by atoms with Gasteiger partial charge in [0.25, 0.3) is 0 Å². The van der Waals surface area contributed by atoms with Gasteiger partial charge < -0.3 is 0 Å².